The number of methoxy groups -OCH3 is 1. The van der Waals surface area contributed by atoms with Crippen LogP contribution in [0, 0.1) is 6.92 Å². The molecule has 1 amide bonds. The van der Waals surface area contributed by atoms with Crippen LogP contribution in [0.1, 0.15) is 46.1 Å². The second kappa shape index (κ2) is 10.2. The first-order valence-corrected chi connectivity index (χ1v) is 11.4. The summed E-state index contributed by atoms with van der Waals surface area (Å²) in [4.78, 5) is 15.5. The average molecular weight is 453 g/mol. The van der Waals surface area contributed by atoms with Crippen molar-refractivity contribution in [2.45, 2.75) is 32.4 Å². The third-order valence-electron chi connectivity index (χ3n) is 6.01. The number of amides is 1. The maximum Gasteiger partial charge on any atom is 0.256 e. The Morgan fingerprint density at radius 3 is 2.47 bits per heavy atom. The number of carbonyl (C=O) groups is 1. The topological polar surface area (TPSA) is 59.4 Å². The number of aromatic nitrogens is 2. The highest BCUT2D eigenvalue weighted by Gasteiger charge is 2.26. The monoisotopic (exact) mass is 452 g/mol. The molecule has 4 rings (SSSR count). The minimum atomic E-state index is -0.190. The number of halogens is 1. The molecule has 6 nitrogen and oxygen atoms in total. The SMILES string of the molecule is COc1ccc([C@H](CNC(=O)c2c(C)nn(Cc3ccccc3)c2Cl)N2CCCC2)cc1. The lowest BCUT2D eigenvalue weighted by Gasteiger charge is -2.28. The lowest BCUT2D eigenvalue weighted by molar-refractivity contribution is 0.0937. The molecular weight excluding hydrogens is 424 g/mol. The number of rotatable bonds is 8. The van der Waals surface area contributed by atoms with Gasteiger partial charge in [0, 0.05) is 6.54 Å². The minimum Gasteiger partial charge on any atom is -0.497 e. The summed E-state index contributed by atoms with van der Waals surface area (Å²) in [7, 11) is 1.66. The van der Waals surface area contributed by atoms with Crippen LogP contribution >= 0.6 is 11.6 Å². The third kappa shape index (κ3) is 4.97. The van der Waals surface area contributed by atoms with E-state index < -0.39 is 0 Å². The first kappa shape index (κ1) is 22.4. The van der Waals surface area contributed by atoms with Crippen molar-refractivity contribution in [1.29, 1.82) is 0 Å². The average Bonchev–Trinajstić information content (AvgIpc) is 3.43. The van der Waals surface area contributed by atoms with Crippen LogP contribution in [0.4, 0.5) is 0 Å². The Kier molecular flexibility index (Phi) is 7.12. The van der Waals surface area contributed by atoms with Gasteiger partial charge in [-0.3, -0.25) is 9.69 Å². The summed E-state index contributed by atoms with van der Waals surface area (Å²) in [6.07, 6.45) is 2.36. The fraction of sp³-hybridized carbons (Fsp3) is 0.360. The van der Waals surface area contributed by atoms with E-state index in [2.05, 4.69) is 27.4 Å². The molecule has 0 saturated carbocycles. The van der Waals surface area contributed by atoms with E-state index in [0.717, 1.165) is 30.0 Å². The van der Waals surface area contributed by atoms with E-state index in [0.29, 0.717) is 29.5 Å². The van der Waals surface area contributed by atoms with Crippen molar-refractivity contribution >= 4 is 17.5 Å². The normalized spacial score (nSPS) is 15.0. The van der Waals surface area contributed by atoms with E-state index >= 15 is 0 Å². The first-order valence-electron chi connectivity index (χ1n) is 11.0. The van der Waals surface area contributed by atoms with Crippen molar-refractivity contribution in [3.8, 4) is 5.75 Å². The third-order valence-corrected chi connectivity index (χ3v) is 6.39. The van der Waals surface area contributed by atoms with E-state index in [1.807, 2.05) is 49.4 Å². The predicted molar refractivity (Wildman–Crippen MR) is 126 cm³/mol. The number of nitrogens with one attached hydrogen (secondary N) is 1. The van der Waals surface area contributed by atoms with Crippen LogP contribution in [0.5, 0.6) is 5.75 Å². The number of benzene rings is 2. The van der Waals surface area contributed by atoms with Crippen LogP contribution in [0.3, 0.4) is 0 Å². The molecule has 1 aliphatic rings. The largest absolute Gasteiger partial charge is 0.497 e. The second-order valence-electron chi connectivity index (χ2n) is 8.14. The molecule has 0 spiro atoms. The van der Waals surface area contributed by atoms with Gasteiger partial charge in [-0.05, 0) is 56.1 Å². The molecule has 32 heavy (non-hydrogen) atoms. The van der Waals surface area contributed by atoms with E-state index in [-0.39, 0.29) is 11.9 Å². The van der Waals surface area contributed by atoms with Crippen molar-refractivity contribution in [2.75, 3.05) is 26.7 Å². The predicted octanol–water partition coefficient (Wildman–Crippen LogP) is 4.47. The van der Waals surface area contributed by atoms with E-state index in [1.165, 1.54) is 12.8 Å². The number of nitrogens with zero attached hydrogens (tertiary/aromatic N) is 3. The number of likely N-dealkylation sites (tertiary alicyclic amines) is 1. The Labute approximate surface area is 194 Å². The highest BCUT2D eigenvalue weighted by Crippen LogP contribution is 2.27. The van der Waals surface area contributed by atoms with E-state index in [4.69, 9.17) is 16.3 Å². The standard InChI is InChI=1S/C25H29ClN4O2/c1-18-23(24(26)30(28-18)17-19-8-4-3-5-9-19)25(31)27-16-22(29-14-6-7-15-29)20-10-12-21(32-2)13-11-20/h3-5,8-13,22H,6-7,14-17H2,1-2H3,(H,27,31)/t22-/m0/s1. The number of aryl methyl sites for hydroxylation is 1. The van der Waals surface area contributed by atoms with Crippen molar-refractivity contribution in [2.24, 2.45) is 0 Å². The Bertz CT molecular complexity index is 1040. The highest BCUT2D eigenvalue weighted by molar-refractivity contribution is 6.33. The molecule has 1 N–H and O–H groups in total. The van der Waals surface area contributed by atoms with Crippen molar-refractivity contribution < 1.29 is 9.53 Å². The Hall–Kier alpha value is -2.83. The van der Waals surface area contributed by atoms with Gasteiger partial charge in [-0.2, -0.15) is 5.10 Å². The number of hydrogen-bond donors (Lipinski definition) is 1. The quantitative estimate of drug-likeness (QED) is 0.547. The summed E-state index contributed by atoms with van der Waals surface area (Å²) in [5.74, 6) is 0.635. The molecule has 0 bridgehead atoms. The van der Waals surface area contributed by atoms with E-state index in [9.17, 15) is 4.79 Å². The van der Waals surface area contributed by atoms with Gasteiger partial charge in [-0.15, -0.1) is 0 Å². The van der Waals surface area contributed by atoms with Crippen molar-refractivity contribution in [1.82, 2.24) is 20.0 Å². The van der Waals surface area contributed by atoms with E-state index in [1.54, 1.807) is 11.8 Å². The lowest BCUT2D eigenvalue weighted by atomic mass is 10.0. The number of carbonyl (C=O) groups excluding carboxylic acids is 1. The first-order chi connectivity index (χ1) is 15.6. The molecule has 2 heterocycles. The molecule has 1 saturated heterocycles. The summed E-state index contributed by atoms with van der Waals surface area (Å²) in [6, 6.07) is 18.1. The van der Waals surface area contributed by atoms with Crippen LogP contribution < -0.4 is 10.1 Å². The van der Waals surface area contributed by atoms with Crippen LogP contribution in [-0.2, 0) is 6.54 Å². The van der Waals surface area contributed by atoms with Gasteiger partial charge in [-0.25, -0.2) is 4.68 Å². The van der Waals surface area contributed by atoms with Gasteiger partial charge >= 0.3 is 0 Å². The lowest BCUT2D eigenvalue weighted by Crippen LogP contribution is -2.37. The molecule has 0 unspecified atom stereocenters. The number of hydrogen-bond acceptors (Lipinski definition) is 4. The van der Waals surface area contributed by atoms with Crippen LogP contribution in [0.15, 0.2) is 54.6 Å². The molecular formula is C25H29ClN4O2. The Morgan fingerprint density at radius 2 is 1.81 bits per heavy atom. The molecule has 1 aromatic heterocycles. The molecule has 7 heteroatoms. The van der Waals surface area contributed by atoms with Gasteiger partial charge in [0.05, 0.1) is 31.0 Å². The molecule has 0 aliphatic carbocycles. The zero-order chi connectivity index (χ0) is 22.5. The fourth-order valence-electron chi connectivity index (χ4n) is 4.29. The van der Waals surface area contributed by atoms with Crippen molar-refractivity contribution in [3.05, 3.63) is 82.1 Å². The van der Waals surface area contributed by atoms with Crippen LogP contribution in [-0.4, -0.2) is 47.3 Å². The summed E-state index contributed by atoms with van der Waals surface area (Å²) in [6.45, 7) is 4.91. The molecule has 3 aromatic rings. The molecule has 1 aliphatic heterocycles. The summed E-state index contributed by atoms with van der Waals surface area (Å²) >= 11 is 6.58. The summed E-state index contributed by atoms with van der Waals surface area (Å²) < 4.78 is 6.98. The van der Waals surface area contributed by atoms with Crippen LogP contribution in [0.25, 0.3) is 0 Å². The second-order valence-corrected chi connectivity index (χ2v) is 8.49. The van der Waals surface area contributed by atoms with Gasteiger partial charge in [-0.1, -0.05) is 54.1 Å². The zero-order valence-corrected chi connectivity index (χ0v) is 19.3. The molecule has 168 valence electrons. The maximum atomic E-state index is 13.1. The van der Waals surface area contributed by atoms with Gasteiger partial charge in [0.15, 0.2) is 0 Å². The maximum absolute atomic E-state index is 13.1. The zero-order valence-electron chi connectivity index (χ0n) is 18.6. The smallest absolute Gasteiger partial charge is 0.256 e. The Morgan fingerprint density at radius 1 is 1.12 bits per heavy atom. The number of ether oxygens (including phenoxy) is 1. The summed E-state index contributed by atoms with van der Waals surface area (Å²) in [5, 5.41) is 7.99. The molecule has 2 aromatic carbocycles. The fourth-order valence-corrected chi connectivity index (χ4v) is 4.61. The van der Waals surface area contributed by atoms with Crippen LogP contribution in [0.2, 0.25) is 5.15 Å². The molecule has 1 fully saturated rings. The van der Waals surface area contributed by atoms with Crippen molar-refractivity contribution in [3.63, 3.8) is 0 Å². The summed E-state index contributed by atoms with van der Waals surface area (Å²) in [5.41, 5.74) is 3.32. The van der Waals surface area contributed by atoms with Gasteiger partial charge < -0.3 is 10.1 Å². The molecule has 0 radical (unpaired) electrons. The van der Waals surface area contributed by atoms with Gasteiger partial charge in [0.1, 0.15) is 10.9 Å². The Balaban J connectivity index is 1.49. The van der Waals surface area contributed by atoms with Gasteiger partial charge in [0.2, 0.25) is 0 Å². The molecule has 1 atom stereocenters. The minimum absolute atomic E-state index is 0.103. The van der Waals surface area contributed by atoms with Gasteiger partial charge in [0.25, 0.3) is 5.91 Å². The highest BCUT2D eigenvalue weighted by atomic mass is 35.5.